The molecule has 0 aliphatic heterocycles. The molecule has 4 fully saturated rings. The number of nitrogens with one attached hydrogen (secondary N) is 13. The Labute approximate surface area is 702 Å². The first-order valence-corrected chi connectivity index (χ1v) is 37.3. The van der Waals surface area contributed by atoms with Crippen LogP contribution in [0.15, 0.2) is 110 Å². The number of hydrogen-bond donors (Lipinski definition) is 13. The Morgan fingerprint density at radius 1 is 0.400 bits per heavy atom. The van der Waals surface area contributed by atoms with E-state index in [0.29, 0.717) is 51.7 Å². The van der Waals surface area contributed by atoms with Crippen LogP contribution >= 0.6 is 0 Å². The summed E-state index contributed by atoms with van der Waals surface area (Å²) >= 11 is 0. The zero-order valence-electron chi connectivity index (χ0n) is 77.6. The van der Waals surface area contributed by atoms with Crippen LogP contribution in [0, 0.1) is 58.3 Å². The van der Waals surface area contributed by atoms with Crippen LogP contribution in [0.25, 0.3) is 45.4 Å². The lowest BCUT2D eigenvalue weighted by Crippen LogP contribution is -2.22. The van der Waals surface area contributed by atoms with Gasteiger partial charge in [-0.2, -0.15) is 10.2 Å². The van der Waals surface area contributed by atoms with Gasteiger partial charge in [-0.15, -0.1) is 51.0 Å². The summed E-state index contributed by atoms with van der Waals surface area (Å²) in [5, 5.41) is 92.9. The number of tetrazole rings is 1. The highest BCUT2D eigenvalue weighted by atomic mass is 16.2. The first-order chi connectivity index (χ1) is 62.4. The smallest absolute Gasteiger partial charge is 0.273 e. The van der Waals surface area contributed by atoms with E-state index in [1.54, 1.807) is 92.4 Å². The molecule has 13 N–H and O–H groups in total. The van der Waals surface area contributed by atoms with Crippen LogP contribution in [0.4, 0.5) is 68.8 Å². The highest BCUT2D eigenvalue weighted by molar-refractivity contribution is 6.04. The Balaban J connectivity index is 0.000000150. The van der Waals surface area contributed by atoms with E-state index in [4.69, 9.17) is 16.4 Å². The number of carbonyl (C=O) groups is 8. The van der Waals surface area contributed by atoms with Crippen molar-refractivity contribution in [2.24, 2.45) is 44.8 Å². The lowest BCUT2D eigenvalue weighted by molar-refractivity contribution is -0.118. The van der Waals surface area contributed by atoms with Gasteiger partial charge in [0, 0.05) is 158 Å². The predicted octanol–water partition coefficient (Wildman–Crippen LogP) is 7.82. The summed E-state index contributed by atoms with van der Waals surface area (Å²) in [6, 6.07) is 27.6. The topological polar surface area (TPSA) is 531 Å². The Bertz CT molecular complexity index is 5950. The monoisotopic (exact) mass is 1640 g/mol. The SMILES string of the molecule is [2H]C([2H])([2H])NC(=O)c1nnc(NC(=O)C2CC2)cc1Nc1cccc(-c2cn(C)nn2)c1C.[2H]C([2H])([2H])NC(=O)c1nnc(NC(=O)C2CC2)cc1Nc1cccc(-c2n[nH]c(C)n2)c1C.[2H]C([2H])([2H])NC(=O)c1nnc(NC(=O)C2CC2)cc1Nc1cccc(-c2ncn(C)n2)c1C.[2H]C([2H])([2H])NC(=O)c1nnc(NC(=O)C2CC2)cc1Nc1cccc(-c2nnnn2C)c1C. The number of hydrogen-bond acceptors (Lipinski definition) is 29. The summed E-state index contributed by atoms with van der Waals surface area (Å²) in [5.41, 5.74) is 9.28. The molecule has 0 atom stereocenters. The van der Waals surface area contributed by atoms with Gasteiger partial charge in [0.2, 0.25) is 23.6 Å². The van der Waals surface area contributed by atoms with E-state index in [1.807, 2.05) is 79.3 Å². The molecule has 8 heterocycles. The molecule has 8 aromatic heterocycles. The van der Waals surface area contributed by atoms with Gasteiger partial charge in [0.1, 0.15) is 17.8 Å². The first-order valence-electron chi connectivity index (χ1n) is 43.3. The van der Waals surface area contributed by atoms with Gasteiger partial charge in [0.05, 0.1) is 28.9 Å². The summed E-state index contributed by atoms with van der Waals surface area (Å²) in [6.45, 7) is -1.57. The number of anilines is 12. The third kappa shape index (κ3) is 20.1. The summed E-state index contributed by atoms with van der Waals surface area (Å²) in [7, 11) is 5.25. The highest BCUT2D eigenvalue weighted by Gasteiger charge is 2.34. The number of carbonyl (C=O) groups excluding carboxylic acids is 8. The average molecular weight is 1640 g/mol. The van der Waals surface area contributed by atoms with E-state index in [9.17, 15) is 38.4 Å². The maximum absolute atomic E-state index is 12.6. The minimum absolute atomic E-state index is 0.0485. The quantitative estimate of drug-likeness (QED) is 0.0274. The molecule has 4 aliphatic rings. The van der Waals surface area contributed by atoms with Crippen molar-refractivity contribution in [3.8, 4) is 45.4 Å². The van der Waals surface area contributed by atoms with Crippen LogP contribution in [0.3, 0.4) is 0 Å². The Hall–Kier alpha value is -15.4. The van der Waals surface area contributed by atoms with Crippen molar-refractivity contribution in [3.63, 3.8) is 0 Å². The van der Waals surface area contributed by atoms with Gasteiger partial charge in [-0.1, -0.05) is 53.7 Å². The fraction of sp³-hybridized carbons (Fsp3) is 0.304. The molecule has 4 saturated carbocycles. The van der Waals surface area contributed by atoms with Gasteiger partial charge in [-0.25, -0.2) is 14.6 Å². The second-order valence-electron chi connectivity index (χ2n) is 28.1. The van der Waals surface area contributed by atoms with E-state index in [1.165, 1.54) is 28.9 Å². The van der Waals surface area contributed by atoms with Crippen molar-refractivity contribution in [2.45, 2.75) is 86.0 Å². The van der Waals surface area contributed by atoms with E-state index in [2.05, 4.69) is 134 Å². The Kier molecular flexibility index (Phi) is 20.7. The molecule has 12 aromatic rings. The number of nitrogens with zero attached hydrogens (tertiary/aromatic N) is 20. The molecule has 41 heteroatoms. The second kappa shape index (κ2) is 36.6. The summed E-state index contributed by atoms with van der Waals surface area (Å²) in [6.07, 6.45) is 9.89. The van der Waals surface area contributed by atoms with Gasteiger partial charge in [-0.05, 0) is 143 Å². The van der Waals surface area contributed by atoms with Crippen LogP contribution in [0.1, 0.15) is 138 Å². The minimum Gasteiger partial charge on any atom is -0.354 e. The maximum atomic E-state index is 12.6. The summed E-state index contributed by atoms with van der Waals surface area (Å²) < 4.78 is 92.4. The molecule has 120 heavy (non-hydrogen) atoms. The molecule has 0 radical (unpaired) electrons. The number of amides is 8. The van der Waals surface area contributed by atoms with Crippen molar-refractivity contribution in [1.29, 1.82) is 0 Å². The number of aromatic amines is 1. The fourth-order valence-electron chi connectivity index (χ4n) is 11.9. The number of aromatic nitrogens is 21. The molecule has 8 amide bonds. The van der Waals surface area contributed by atoms with Gasteiger partial charge in [-0.3, -0.25) is 52.8 Å². The van der Waals surface area contributed by atoms with Crippen molar-refractivity contribution in [3.05, 3.63) is 160 Å². The third-order valence-electron chi connectivity index (χ3n) is 19.1. The third-order valence-corrected chi connectivity index (χ3v) is 19.1. The van der Waals surface area contributed by atoms with Gasteiger partial charge >= 0.3 is 0 Å². The zero-order valence-corrected chi connectivity index (χ0v) is 65.6. The van der Waals surface area contributed by atoms with E-state index < -0.39 is 51.5 Å². The van der Waals surface area contributed by atoms with Crippen LogP contribution in [0.2, 0.25) is 0 Å². The van der Waals surface area contributed by atoms with Gasteiger partial charge in [0.15, 0.2) is 63.5 Å². The Morgan fingerprint density at radius 2 is 0.750 bits per heavy atom. The molecular weight excluding hydrogens is 1540 g/mol. The Morgan fingerprint density at radius 3 is 1.06 bits per heavy atom. The molecule has 4 aromatic carbocycles. The largest absolute Gasteiger partial charge is 0.354 e. The van der Waals surface area contributed by atoms with Crippen LogP contribution < -0.4 is 63.8 Å². The van der Waals surface area contributed by atoms with Gasteiger partial charge < -0.3 is 63.8 Å². The van der Waals surface area contributed by atoms with Crippen LogP contribution in [-0.4, -0.2) is 181 Å². The van der Waals surface area contributed by atoms with Crippen molar-refractivity contribution >= 4 is 116 Å². The standard InChI is InChI=1S/3C20H22N8O2.C19H21N9O2/c1-11-13(16-10-28(3)27-24-16)5-4-6-14(11)22-15-9-17(23-19(29)12-7-8-12)25-26-18(15)20(30)21-2;1-11-13(18-22-10-28(3)27-18)5-4-6-14(11)23-15-9-16(24-19(29)12-7-8-12)25-26-17(15)20(30)21-2;1-10-13(18-22-11(2)25-28-18)5-4-6-14(10)23-15-9-16(24-19(29)12-7-8-12)26-27-17(15)20(30)21-3;1-10-12(17-25-26-27-28(17)3)5-4-6-13(10)21-14-9-15(22-18(29)11-7-8-11)23-24-16(14)19(30)20-2/h4-6,9-10,12H,7-8H2,1-3H3,(H,21,30)(H2,22,23,25,29);4-6,9-10,12H,7-8H2,1-3H3,(H,21,30)(H2,23,24,25,29);4-6,9,12H,7-8H2,1-3H3,(H,21,30)(H,22,25,28)(H2,23,24,26,29);4-6,9,11H,7-8H2,1-3H3,(H,20,30)(H2,21,22,23,29)/i2*2D3;3D3;2D3. The molecule has 0 bridgehead atoms. The van der Waals surface area contributed by atoms with Crippen LogP contribution in [-0.2, 0) is 40.3 Å². The predicted molar refractivity (Wildman–Crippen MR) is 443 cm³/mol. The molecule has 616 valence electrons. The molecular formula is C79H87N33O8. The molecule has 4 aliphatic carbocycles. The summed E-state index contributed by atoms with van der Waals surface area (Å²) in [4.78, 5) is 107. The van der Waals surface area contributed by atoms with E-state index >= 15 is 0 Å². The lowest BCUT2D eigenvalue weighted by Gasteiger charge is -2.15. The normalized spacial score (nSPS) is 14.9. The number of rotatable bonds is 24. The highest BCUT2D eigenvalue weighted by Crippen LogP contribution is 2.38. The summed E-state index contributed by atoms with van der Waals surface area (Å²) in [5.74, 6) is -1.75. The molecule has 0 unspecified atom stereocenters. The van der Waals surface area contributed by atoms with E-state index in [-0.39, 0.29) is 116 Å². The number of benzene rings is 4. The van der Waals surface area contributed by atoms with Crippen molar-refractivity contribution in [2.75, 3.05) is 70.4 Å². The number of aryl methyl sites for hydroxylation is 4. The molecule has 0 saturated heterocycles. The van der Waals surface area contributed by atoms with Crippen LogP contribution in [0.5, 0.6) is 0 Å². The van der Waals surface area contributed by atoms with E-state index in [0.717, 1.165) is 95.9 Å². The molecule has 41 nitrogen and oxygen atoms in total. The van der Waals surface area contributed by atoms with Crippen molar-refractivity contribution in [1.82, 2.24) is 127 Å². The average Bonchev–Trinajstić information content (AvgIpc) is 1.28. The number of H-pyrrole nitrogens is 1. The molecule has 0 spiro atoms. The van der Waals surface area contributed by atoms with Crippen molar-refractivity contribution < 1.29 is 54.8 Å². The maximum Gasteiger partial charge on any atom is 0.273 e. The van der Waals surface area contributed by atoms with Gasteiger partial charge in [0.25, 0.3) is 23.6 Å². The molecule has 16 rings (SSSR count). The lowest BCUT2D eigenvalue weighted by atomic mass is 10.0. The zero-order chi connectivity index (χ0) is 95.0. The fourth-order valence-corrected chi connectivity index (χ4v) is 11.9. The second-order valence-corrected chi connectivity index (χ2v) is 28.1. The minimum atomic E-state index is -2.71. The first kappa shape index (κ1) is 67.9.